The summed E-state index contributed by atoms with van der Waals surface area (Å²) >= 11 is 0. The van der Waals surface area contributed by atoms with Crippen molar-refractivity contribution in [1.82, 2.24) is 4.90 Å². The van der Waals surface area contributed by atoms with Crippen molar-refractivity contribution < 1.29 is 32.9 Å². The van der Waals surface area contributed by atoms with Gasteiger partial charge < -0.3 is 25.1 Å². The van der Waals surface area contributed by atoms with E-state index in [0.29, 0.717) is 23.5 Å². The normalized spacial score (nSPS) is 20.1. The third kappa shape index (κ3) is 6.80. The molecule has 1 saturated heterocycles. The number of nitrogens with zero attached hydrogens (tertiary/aromatic N) is 1. The molecule has 1 amide bonds. The van der Waals surface area contributed by atoms with Crippen molar-refractivity contribution in [2.24, 2.45) is 5.73 Å². The Morgan fingerprint density at radius 1 is 1.18 bits per heavy atom. The summed E-state index contributed by atoms with van der Waals surface area (Å²) in [5.74, 6) is -0.261. The minimum absolute atomic E-state index is 0.0237. The molecule has 9 heteroatoms. The summed E-state index contributed by atoms with van der Waals surface area (Å²) in [7, 11) is 1.55. The maximum absolute atomic E-state index is 13.6. The van der Waals surface area contributed by atoms with Crippen LogP contribution in [0, 0.1) is 11.6 Å². The molecule has 0 unspecified atom stereocenters. The number of aliphatic hydroxyl groups is 1. The lowest BCUT2D eigenvalue weighted by Crippen LogP contribution is -2.52. The zero-order valence-corrected chi connectivity index (χ0v) is 19.8. The lowest BCUT2D eigenvalue weighted by Gasteiger charge is -2.33. The Hall–Kier alpha value is -2.91. The van der Waals surface area contributed by atoms with Crippen LogP contribution >= 0.6 is 0 Å². The van der Waals surface area contributed by atoms with Crippen LogP contribution in [0.2, 0.25) is 0 Å². The van der Waals surface area contributed by atoms with E-state index in [9.17, 15) is 18.7 Å². The SMILES string of the molecule is COc1cccc(O[C@@H]2C[C@H]([C@@H](O)[C@@H](N)Cc3cc(F)cc(F)c3)N(C(=O)OC(C)(C)C)C2)c1. The number of carbonyl (C=O) groups excluding carboxylic acids is 1. The van der Waals surface area contributed by atoms with Gasteiger partial charge in [0, 0.05) is 24.6 Å². The van der Waals surface area contributed by atoms with E-state index in [2.05, 4.69) is 0 Å². The van der Waals surface area contributed by atoms with Crippen LogP contribution in [0.3, 0.4) is 0 Å². The van der Waals surface area contributed by atoms with Gasteiger partial charge >= 0.3 is 6.09 Å². The van der Waals surface area contributed by atoms with Crippen LogP contribution in [0.15, 0.2) is 42.5 Å². The van der Waals surface area contributed by atoms with Crippen LogP contribution in [0.4, 0.5) is 13.6 Å². The summed E-state index contributed by atoms with van der Waals surface area (Å²) in [5, 5.41) is 11.1. The molecule has 0 aromatic heterocycles. The van der Waals surface area contributed by atoms with Crippen LogP contribution in [0.1, 0.15) is 32.8 Å². The fourth-order valence-electron chi connectivity index (χ4n) is 4.04. The van der Waals surface area contributed by atoms with Gasteiger partial charge in [-0.2, -0.15) is 0 Å². The number of carbonyl (C=O) groups is 1. The molecule has 4 atom stereocenters. The number of methoxy groups -OCH3 is 1. The number of nitrogens with two attached hydrogens (primary N) is 1. The number of rotatable bonds is 7. The predicted molar refractivity (Wildman–Crippen MR) is 123 cm³/mol. The van der Waals surface area contributed by atoms with E-state index in [4.69, 9.17) is 19.9 Å². The standard InChI is InChI=1S/C25H32F2N2O5/c1-25(2,3)34-24(31)29-14-20(33-19-7-5-6-18(12-19)32-4)13-22(29)23(30)21(28)10-15-8-16(26)11-17(27)9-15/h5-9,11-12,20-23,30H,10,13-14,28H2,1-4H3/t20-,21+,22-,23+/m1/s1. The Morgan fingerprint density at radius 3 is 2.44 bits per heavy atom. The van der Waals surface area contributed by atoms with E-state index in [0.717, 1.165) is 6.07 Å². The lowest BCUT2D eigenvalue weighted by atomic mass is 9.95. The van der Waals surface area contributed by atoms with Crippen molar-refractivity contribution in [3.8, 4) is 11.5 Å². The molecular weight excluding hydrogens is 446 g/mol. The van der Waals surface area contributed by atoms with Gasteiger partial charge in [0.2, 0.25) is 0 Å². The van der Waals surface area contributed by atoms with Gasteiger partial charge in [-0.3, -0.25) is 4.90 Å². The highest BCUT2D eigenvalue weighted by Gasteiger charge is 2.44. The van der Waals surface area contributed by atoms with Crippen molar-refractivity contribution in [3.63, 3.8) is 0 Å². The largest absolute Gasteiger partial charge is 0.497 e. The van der Waals surface area contributed by atoms with Gasteiger partial charge in [-0.1, -0.05) is 6.07 Å². The highest BCUT2D eigenvalue weighted by molar-refractivity contribution is 5.69. The van der Waals surface area contributed by atoms with E-state index in [1.54, 1.807) is 52.1 Å². The minimum atomic E-state index is -1.18. The third-order valence-corrected chi connectivity index (χ3v) is 5.50. The first-order valence-electron chi connectivity index (χ1n) is 11.1. The fraction of sp³-hybridized carbons (Fsp3) is 0.480. The molecule has 2 aromatic rings. The van der Waals surface area contributed by atoms with Gasteiger partial charge in [0.1, 0.15) is 34.8 Å². The van der Waals surface area contributed by atoms with Crippen molar-refractivity contribution in [2.45, 2.75) is 63.5 Å². The van der Waals surface area contributed by atoms with Gasteiger partial charge in [-0.05, 0) is 57.0 Å². The van der Waals surface area contributed by atoms with Crippen LogP contribution in [-0.4, -0.2) is 59.6 Å². The Bertz CT molecular complexity index is 977. The number of hydrogen-bond acceptors (Lipinski definition) is 6. The van der Waals surface area contributed by atoms with Crippen LogP contribution in [-0.2, 0) is 11.2 Å². The molecule has 0 radical (unpaired) electrons. The number of likely N-dealkylation sites (tertiary alicyclic amines) is 1. The number of amides is 1. The second kappa shape index (κ2) is 10.6. The van der Waals surface area contributed by atoms with E-state index in [1.165, 1.54) is 17.0 Å². The second-order valence-electron chi connectivity index (χ2n) is 9.49. The Morgan fingerprint density at radius 2 is 1.82 bits per heavy atom. The van der Waals surface area contributed by atoms with Crippen molar-refractivity contribution >= 4 is 6.09 Å². The molecule has 1 aliphatic rings. The molecule has 1 aliphatic heterocycles. The first-order valence-corrected chi connectivity index (χ1v) is 11.1. The Balaban J connectivity index is 1.77. The fourth-order valence-corrected chi connectivity index (χ4v) is 4.04. The summed E-state index contributed by atoms with van der Waals surface area (Å²) in [6.45, 7) is 5.43. The van der Waals surface area contributed by atoms with Gasteiger partial charge in [0.15, 0.2) is 0 Å². The molecule has 0 spiro atoms. The monoisotopic (exact) mass is 478 g/mol. The molecule has 1 fully saturated rings. The zero-order chi connectivity index (χ0) is 25.0. The number of halogens is 2. The molecule has 1 heterocycles. The summed E-state index contributed by atoms with van der Waals surface area (Å²) in [6.07, 6.45) is -1.90. The first kappa shape index (κ1) is 25.7. The Labute approximate surface area is 198 Å². The predicted octanol–water partition coefficient (Wildman–Crippen LogP) is 3.66. The second-order valence-corrected chi connectivity index (χ2v) is 9.49. The van der Waals surface area contributed by atoms with Gasteiger partial charge in [0.25, 0.3) is 0 Å². The van der Waals surface area contributed by atoms with Gasteiger partial charge in [0.05, 0.1) is 25.8 Å². The van der Waals surface area contributed by atoms with Crippen LogP contribution in [0.25, 0.3) is 0 Å². The van der Waals surface area contributed by atoms with Crippen LogP contribution < -0.4 is 15.2 Å². The molecule has 0 saturated carbocycles. The van der Waals surface area contributed by atoms with Gasteiger partial charge in [-0.25, -0.2) is 13.6 Å². The third-order valence-electron chi connectivity index (χ3n) is 5.50. The average molecular weight is 479 g/mol. The van der Waals surface area contributed by atoms with E-state index in [1.807, 2.05) is 0 Å². The lowest BCUT2D eigenvalue weighted by molar-refractivity contribution is 0.000598. The number of ether oxygens (including phenoxy) is 3. The van der Waals surface area contributed by atoms with E-state index >= 15 is 0 Å². The molecule has 7 nitrogen and oxygen atoms in total. The number of benzene rings is 2. The molecule has 0 bridgehead atoms. The maximum atomic E-state index is 13.6. The summed E-state index contributed by atoms with van der Waals surface area (Å²) in [4.78, 5) is 14.3. The molecule has 3 rings (SSSR count). The van der Waals surface area contributed by atoms with E-state index in [-0.39, 0.29) is 13.0 Å². The quantitative estimate of drug-likeness (QED) is 0.631. The number of hydrogen-bond donors (Lipinski definition) is 2. The summed E-state index contributed by atoms with van der Waals surface area (Å²) in [6, 6.07) is 8.60. The first-order chi connectivity index (χ1) is 15.9. The van der Waals surface area contributed by atoms with E-state index < -0.39 is 47.6 Å². The summed E-state index contributed by atoms with van der Waals surface area (Å²) < 4.78 is 44.0. The van der Waals surface area contributed by atoms with Crippen molar-refractivity contribution in [2.75, 3.05) is 13.7 Å². The molecule has 34 heavy (non-hydrogen) atoms. The molecule has 186 valence electrons. The average Bonchev–Trinajstić information content (AvgIpc) is 3.15. The Kier molecular flexibility index (Phi) is 7.99. The molecular formula is C25H32F2N2O5. The maximum Gasteiger partial charge on any atom is 0.410 e. The topological polar surface area (TPSA) is 94.2 Å². The molecule has 2 aromatic carbocycles. The zero-order valence-electron chi connectivity index (χ0n) is 19.8. The smallest absolute Gasteiger partial charge is 0.410 e. The summed E-state index contributed by atoms with van der Waals surface area (Å²) in [5.41, 5.74) is 5.80. The molecule has 3 N–H and O–H groups in total. The highest BCUT2D eigenvalue weighted by atomic mass is 19.1. The van der Waals surface area contributed by atoms with Crippen molar-refractivity contribution in [3.05, 3.63) is 59.7 Å². The van der Waals surface area contributed by atoms with Crippen molar-refractivity contribution in [1.29, 1.82) is 0 Å². The molecule has 0 aliphatic carbocycles. The van der Waals surface area contributed by atoms with Gasteiger partial charge in [-0.15, -0.1) is 0 Å². The number of aliphatic hydroxyl groups excluding tert-OH is 1. The minimum Gasteiger partial charge on any atom is -0.497 e. The highest BCUT2D eigenvalue weighted by Crippen LogP contribution is 2.29. The van der Waals surface area contributed by atoms with Crippen LogP contribution in [0.5, 0.6) is 11.5 Å².